The summed E-state index contributed by atoms with van der Waals surface area (Å²) < 4.78 is 23.4. The third-order valence-corrected chi connectivity index (χ3v) is 5.53. The normalized spacial score (nSPS) is 19.5. The summed E-state index contributed by atoms with van der Waals surface area (Å²) in [6.07, 6.45) is 5.77. The molecule has 0 heterocycles. The van der Waals surface area contributed by atoms with E-state index >= 15 is 0 Å². The third-order valence-electron chi connectivity index (χ3n) is 2.62. The summed E-state index contributed by atoms with van der Waals surface area (Å²) in [5.74, 6) is 0.392. The number of halogens is 1. The zero-order chi connectivity index (χ0) is 9.73. The molecule has 0 aromatic carbocycles. The van der Waals surface area contributed by atoms with Crippen molar-refractivity contribution in [1.82, 2.24) is 0 Å². The Balaban J connectivity index is 2.36. The summed E-state index contributed by atoms with van der Waals surface area (Å²) in [7, 11) is -2.75. The highest BCUT2D eigenvalue weighted by molar-refractivity contribution is 9.09. The van der Waals surface area contributed by atoms with Crippen LogP contribution in [-0.4, -0.2) is 24.8 Å². The molecule has 13 heavy (non-hydrogen) atoms. The van der Waals surface area contributed by atoms with Crippen LogP contribution in [0, 0.1) is 0 Å². The average Bonchev–Trinajstić information content (AvgIpc) is 2.56. The van der Waals surface area contributed by atoms with Gasteiger partial charge in [0.2, 0.25) is 0 Å². The van der Waals surface area contributed by atoms with E-state index < -0.39 is 9.84 Å². The topological polar surface area (TPSA) is 34.1 Å². The molecular weight excluding hydrogens is 252 g/mol. The molecule has 0 aromatic heterocycles. The molecule has 0 aliphatic heterocycles. The van der Waals surface area contributed by atoms with Gasteiger partial charge >= 0.3 is 0 Å². The third kappa shape index (κ3) is 3.58. The predicted molar refractivity (Wildman–Crippen MR) is 59.1 cm³/mol. The van der Waals surface area contributed by atoms with Crippen LogP contribution in [0.3, 0.4) is 0 Å². The molecule has 1 aliphatic carbocycles. The predicted octanol–water partition coefficient (Wildman–Crippen LogP) is 2.52. The van der Waals surface area contributed by atoms with E-state index in [-0.39, 0.29) is 5.25 Å². The molecule has 0 atom stereocenters. The second-order valence-corrected chi connectivity index (χ2v) is 6.86. The number of alkyl halides is 1. The lowest BCUT2D eigenvalue weighted by molar-refractivity contribution is 0.576. The fraction of sp³-hybridized carbons (Fsp3) is 1.00. The zero-order valence-electron chi connectivity index (χ0n) is 7.84. The van der Waals surface area contributed by atoms with E-state index in [1.165, 1.54) is 0 Å². The first-order chi connectivity index (χ1) is 6.17. The molecule has 4 heteroatoms. The Hall–Kier alpha value is 0.430. The molecule has 0 unspecified atom stereocenters. The molecule has 1 fully saturated rings. The molecule has 1 aliphatic rings. The van der Waals surface area contributed by atoms with Crippen LogP contribution in [-0.2, 0) is 9.84 Å². The standard InChI is InChI=1S/C9H17BrO2S/c10-7-3-4-8-13(11,12)9-5-1-2-6-9/h9H,1-8H2. The highest BCUT2D eigenvalue weighted by Crippen LogP contribution is 2.25. The van der Waals surface area contributed by atoms with E-state index in [0.717, 1.165) is 43.9 Å². The Kier molecular flexibility index (Phi) is 4.73. The van der Waals surface area contributed by atoms with Crippen LogP contribution >= 0.6 is 15.9 Å². The molecule has 1 rings (SSSR count). The zero-order valence-corrected chi connectivity index (χ0v) is 10.2. The number of rotatable bonds is 5. The minimum atomic E-state index is -2.75. The number of hydrogen-bond donors (Lipinski definition) is 0. The van der Waals surface area contributed by atoms with Crippen molar-refractivity contribution >= 4 is 25.8 Å². The van der Waals surface area contributed by atoms with E-state index in [1.807, 2.05) is 0 Å². The first kappa shape index (κ1) is 11.5. The van der Waals surface area contributed by atoms with E-state index in [1.54, 1.807) is 0 Å². The fourth-order valence-electron chi connectivity index (χ4n) is 1.81. The van der Waals surface area contributed by atoms with Crippen molar-refractivity contribution in [3.63, 3.8) is 0 Å². The maximum Gasteiger partial charge on any atom is 0.153 e. The lowest BCUT2D eigenvalue weighted by Crippen LogP contribution is -2.20. The lowest BCUT2D eigenvalue weighted by atomic mass is 10.4. The molecule has 0 aromatic rings. The highest BCUT2D eigenvalue weighted by Gasteiger charge is 2.27. The van der Waals surface area contributed by atoms with Gasteiger partial charge in [0, 0.05) is 5.33 Å². The first-order valence-electron chi connectivity index (χ1n) is 4.94. The van der Waals surface area contributed by atoms with Gasteiger partial charge in [0.05, 0.1) is 11.0 Å². The molecule has 0 spiro atoms. The van der Waals surface area contributed by atoms with Crippen LogP contribution in [0.2, 0.25) is 0 Å². The van der Waals surface area contributed by atoms with Crippen molar-refractivity contribution in [2.45, 2.75) is 43.8 Å². The summed E-state index contributed by atoms with van der Waals surface area (Å²) in [6.45, 7) is 0. The van der Waals surface area contributed by atoms with Crippen molar-refractivity contribution in [3.05, 3.63) is 0 Å². The van der Waals surface area contributed by atoms with Crippen LogP contribution in [0.4, 0.5) is 0 Å². The van der Waals surface area contributed by atoms with Gasteiger partial charge in [-0.05, 0) is 25.7 Å². The van der Waals surface area contributed by atoms with E-state index in [4.69, 9.17) is 0 Å². The Morgan fingerprint density at radius 2 is 1.77 bits per heavy atom. The minimum absolute atomic E-state index is 0.0113. The van der Waals surface area contributed by atoms with E-state index in [2.05, 4.69) is 15.9 Å². The van der Waals surface area contributed by atoms with Gasteiger partial charge in [-0.2, -0.15) is 0 Å². The Labute approximate surface area is 89.1 Å². The maximum atomic E-state index is 11.7. The summed E-state index contributed by atoms with van der Waals surface area (Å²) in [6, 6.07) is 0. The molecule has 0 bridgehead atoms. The smallest absolute Gasteiger partial charge is 0.153 e. The molecule has 0 N–H and O–H groups in total. The Morgan fingerprint density at radius 3 is 2.31 bits per heavy atom. The summed E-state index contributed by atoms with van der Waals surface area (Å²) >= 11 is 3.31. The van der Waals surface area contributed by atoms with Crippen LogP contribution < -0.4 is 0 Å². The van der Waals surface area contributed by atoms with Crippen LogP contribution in [0.1, 0.15) is 38.5 Å². The first-order valence-corrected chi connectivity index (χ1v) is 7.78. The summed E-state index contributed by atoms with van der Waals surface area (Å²) in [4.78, 5) is 0. The van der Waals surface area contributed by atoms with Crippen LogP contribution in [0.15, 0.2) is 0 Å². The Morgan fingerprint density at radius 1 is 1.15 bits per heavy atom. The highest BCUT2D eigenvalue weighted by atomic mass is 79.9. The van der Waals surface area contributed by atoms with Gasteiger partial charge in [-0.3, -0.25) is 0 Å². The molecule has 0 amide bonds. The minimum Gasteiger partial charge on any atom is -0.229 e. The largest absolute Gasteiger partial charge is 0.229 e. The molecule has 0 saturated heterocycles. The van der Waals surface area contributed by atoms with Crippen molar-refractivity contribution in [2.75, 3.05) is 11.1 Å². The SMILES string of the molecule is O=S(=O)(CCCCBr)C1CCCC1. The maximum absolute atomic E-state index is 11.7. The van der Waals surface area contributed by atoms with Gasteiger partial charge < -0.3 is 0 Å². The lowest BCUT2D eigenvalue weighted by Gasteiger charge is -2.09. The van der Waals surface area contributed by atoms with Gasteiger partial charge in [-0.1, -0.05) is 28.8 Å². The quantitative estimate of drug-likeness (QED) is 0.567. The number of hydrogen-bond acceptors (Lipinski definition) is 2. The summed E-state index contributed by atoms with van der Waals surface area (Å²) in [5.41, 5.74) is 0. The Bertz CT molecular complexity index is 230. The average molecular weight is 269 g/mol. The number of unbranched alkanes of at least 4 members (excludes halogenated alkanes) is 1. The van der Waals surface area contributed by atoms with E-state index in [9.17, 15) is 8.42 Å². The summed E-state index contributed by atoms with van der Waals surface area (Å²) in [5, 5.41) is 0.899. The van der Waals surface area contributed by atoms with Gasteiger partial charge in [0.1, 0.15) is 0 Å². The van der Waals surface area contributed by atoms with Crippen molar-refractivity contribution in [1.29, 1.82) is 0 Å². The fourth-order valence-corrected chi connectivity index (χ4v) is 4.20. The van der Waals surface area contributed by atoms with E-state index in [0.29, 0.717) is 5.75 Å². The van der Waals surface area contributed by atoms with Crippen molar-refractivity contribution in [3.8, 4) is 0 Å². The monoisotopic (exact) mass is 268 g/mol. The van der Waals surface area contributed by atoms with Crippen molar-refractivity contribution < 1.29 is 8.42 Å². The molecule has 2 nitrogen and oxygen atoms in total. The number of sulfone groups is 1. The van der Waals surface area contributed by atoms with Crippen molar-refractivity contribution in [2.24, 2.45) is 0 Å². The van der Waals surface area contributed by atoms with Gasteiger partial charge in [-0.25, -0.2) is 8.42 Å². The van der Waals surface area contributed by atoms with Crippen LogP contribution in [0.5, 0.6) is 0 Å². The second kappa shape index (κ2) is 5.35. The second-order valence-electron chi connectivity index (χ2n) is 3.67. The van der Waals surface area contributed by atoms with Gasteiger partial charge in [0.25, 0.3) is 0 Å². The van der Waals surface area contributed by atoms with Gasteiger partial charge in [0.15, 0.2) is 9.84 Å². The van der Waals surface area contributed by atoms with Gasteiger partial charge in [-0.15, -0.1) is 0 Å². The molecule has 78 valence electrons. The molecule has 0 radical (unpaired) electrons. The van der Waals surface area contributed by atoms with Crippen LogP contribution in [0.25, 0.3) is 0 Å². The molecular formula is C9H17BrO2S. The molecule has 1 saturated carbocycles.